The van der Waals surface area contributed by atoms with Gasteiger partial charge in [0.15, 0.2) is 0 Å². The van der Waals surface area contributed by atoms with E-state index in [0.717, 1.165) is 27.6 Å². The molecule has 3 aromatic carbocycles. The molecule has 3 N–H and O–H groups in total. The zero-order chi connectivity index (χ0) is 33.4. The van der Waals surface area contributed by atoms with Gasteiger partial charge in [0.1, 0.15) is 23.4 Å². The SMILES string of the molecule is NC(=O)c1ccc(N2CCN(Cc3ccc4c(c3)C(=O)N(C3CCC(=O)NC3=O)C4=O)CC2)nc1-c1ccc(Oc2ccccc2)cc1. The van der Waals surface area contributed by atoms with Crippen LogP contribution in [0.1, 0.15) is 49.5 Å². The minimum Gasteiger partial charge on any atom is -0.457 e. The van der Waals surface area contributed by atoms with Gasteiger partial charge in [-0.2, -0.15) is 0 Å². The van der Waals surface area contributed by atoms with Crippen molar-refractivity contribution in [1.82, 2.24) is 20.1 Å². The Morgan fingerprint density at radius 1 is 0.833 bits per heavy atom. The van der Waals surface area contributed by atoms with Crippen molar-refractivity contribution < 1.29 is 28.7 Å². The topological polar surface area (TPSA) is 155 Å². The first-order valence-corrected chi connectivity index (χ1v) is 15.7. The highest BCUT2D eigenvalue weighted by Crippen LogP contribution is 2.31. The van der Waals surface area contributed by atoms with Crippen molar-refractivity contribution in [3.8, 4) is 22.8 Å². The predicted molar refractivity (Wildman–Crippen MR) is 175 cm³/mol. The third-order valence-electron chi connectivity index (χ3n) is 8.86. The monoisotopic (exact) mass is 644 g/mol. The largest absolute Gasteiger partial charge is 0.457 e. The number of imide groups is 2. The number of fused-ring (bicyclic) bond motifs is 1. The predicted octanol–water partition coefficient (Wildman–Crippen LogP) is 3.36. The van der Waals surface area contributed by atoms with E-state index in [2.05, 4.69) is 15.1 Å². The summed E-state index contributed by atoms with van der Waals surface area (Å²) in [5.41, 5.74) is 8.69. The van der Waals surface area contributed by atoms with E-state index in [9.17, 15) is 24.0 Å². The number of pyridine rings is 1. The highest BCUT2D eigenvalue weighted by Gasteiger charge is 2.44. The molecule has 2 fully saturated rings. The highest BCUT2D eigenvalue weighted by atomic mass is 16.5. The first kappa shape index (κ1) is 30.8. The second kappa shape index (κ2) is 12.7. The third kappa shape index (κ3) is 6.00. The van der Waals surface area contributed by atoms with Gasteiger partial charge in [-0.25, -0.2) is 4.98 Å². The summed E-state index contributed by atoms with van der Waals surface area (Å²) in [5.74, 6) is -0.526. The first-order valence-electron chi connectivity index (χ1n) is 15.7. The standard InChI is InChI=1S/C36H32N6O6/c37-33(44)27-12-14-30(38-32(27)23-7-9-25(10-8-23)48-24-4-2-1-3-5-24)41-18-16-40(17-19-41)21-22-6-11-26-28(20-22)36(47)42(35(26)46)29-13-15-31(43)39-34(29)45/h1-12,14,20,29H,13,15-19,21H2,(H2,37,44)(H,39,43,45). The maximum atomic E-state index is 13.2. The molecule has 0 radical (unpaired) electrons. The normalized spacial score (nSPS) is 18.1. The van der Waals surface area contributed by atoms with Crippen molar-refractivity contribution in [3.05, 3.63) is 107 Å². The number of hydrogen-bond donors (Lipinski definition) is 2. The molecule has 4 aromatic rings. The fraction of sp³-hybridized carbons (Fsp3) is 0.222. The number of benzene rings is 3. The van der Waals surface area contributed by atoms with E-state index in [4.69, 9.17) is 15.5 Å². The van der Waals surface area contributed by atoms with Crippen LogP contribution in [0.25, 0.3) is 11.3 Å². The Morgan fingerprint density at radius 2 is 1.54 bits per heavy atom. The number of para-hydroxylation sites is 1. The Morgan fingerprint density at radius 3 is 2.25 bits per heavy atom. The number of primary amides is 1. The lowest BCUT2D eigenvalue weighted by Crippen LogP contribution is -2.54. The summed E-state index contributed by atoms with van der Waals surface area (Å²) in [6.45, 7) is 3.35. The van der Waals surface area contributed by atoms with Gasteiger partial charge in [-0.3, -0.25) is 39.1 Å². The lowest BCUT2D eigenvalue weighted by molar-refractivity contribution is -0.136. The first-order chi connectivity index (χ1) is 23.2. The number of piperazine rings is 1. The second-order valence-electron chi connectivity index (χ2n) is 12.0. The maximum Gasteiger partial charge on any atom is 0.262 e. The summed E-state index contributed by atoms with van der Waals surface area (Å²) >= 11 is 0. The molecule has 12 heteroatoms. The van der Waals surface area contributed by atoms with Crippen LogP contribution in [0.3, 0.4) is 0 Å². The van der Waals surface area contributed by atoms with Crippen LogP contribution in [0.4, 0.5) is 5.82 Å². The van der Waals surface area contributed by atoms with E-state index < -0.39 is 35.6 Å². The van der Waals surface area contributed by atoms with E-state index in [-0.39, 0.29) is 24.0 Å². The molecule has 1 unspecified atom stereocenters. The van der Waals surface area contributed by atoms with Crippen LogP contribution in [0.15, 0.2) is 84.9 Å². The fourth-order valence-corrected chi connectivity index (χ4v) is 6.36. The quantitative estimate of drug-likeness (QED) is 0.275. The number of hydrogen-bond acceptors (Lipinski definition) is 9. The molecule has 1 atom stereocenters. The molecule has 5 amide bonds. The molecule has 48 heavy (non-hydrogen) atoms. The van der Waals surface area contributed by atoms with E-state index in [0.29, 0.717) is 49.7 Å². The van der Waals surface area contributed by atoms with Gasteiger partial charge in [-0.05, 0) is 72.6 Å². The molecule has 3 aliphatic heterocycles. The van der Waals surface area contributed by atoms with Crippen LogP contribution in [0.2, 0.25) is 0 Å². The van der Waals surface area contributed by atoms with Gasteiger partial charge in [-0.1, -0.05) is 24.3 Å². The molecule has 3 aliphatic rings. The number of aromatic nitrogens is 1. The Labute approximate surface area is 276 Å². The molecule has 1 aromatic heterocycles. The number of carbonyl (C=O) groups is 5. The fourth-order valence-electron chi connectivity index (χ4n) is 6.36. The summed E-state index contributed by atoms with van der Waals surface area (Å²) in [4.78, 5) is 72.8. The molecule has 7 rings (SSSR count). The van der Waals surface area contributed by atoms with Gasteiger partial charge >= 0.3 is 0 Å². The summed E-state index contributed by atoms with van der Waals surface area (Å²) in [5, 5.41) is 2.22. The zero-order valence-electron chi connectivity index (χ0n) is 25.9. The third-order valence-corrected chi connectivity index (χ3v) is 8.86. The average Bonchev–Trinajstić information content (AvgIpc) is 3.34. The number of rotatable bonds is 8. The molecule has 0 spiro atoms. The van der Waals surface area contributed by atoms with Crippen LogP contribution in [0.5, 0.6) is 11.5 Å². The molecular weight excluding hydrogens is 612 g/mol. The maximum absolute atomic E-state index is 13.2. The van der Waals surface area contributed by atoms with Gasteiger partial charge in [0.2, 0.25) is 11.8 Å². The Balaban J connectivity index is 1.01. The van der Waals surface area contributed by atoms with E-state index in [1.54, 1.807) is 18.2 Å². The number of nitrogens with one attached hydrogen (secondary N) is 1. The van der Waals surface area contributed by atoms with Crippen molar-refractivity contribution >= 4 is 35.4 Å². The molecule has 0 aliphatic carbocycles. The highest BCUT2D eigenvalue weighted by molar-refractivity contribution is 6.23. The molecular formula is C36H32N6O6. The van der Waals surface area contributed by atoms with Gasteiger partial charge in [0.25, 0.3) is 17.7 Å². The van der Waals surface area contributed by atoms with Crippen molar-refractivity contribution in [3.63, 3.8) is 0 Å². The van der Waals surface area contributed by atoms with Crippen molar-refractivity contribution in [2.45, 2.75) is 25.4 Å². The minimum atomic E-state index is -0.995. The van der Waals surface area contributed by atoms with E-state index >= 15 is 0 Å². The number of ether oxygens (including phenoxy) is 1. The smallest absolute Gasteiger partial charge is 0.262 e. The number of amides is 5. The number of piperidine rings is 1. The zero-order valence-corrected chi connectivity index (χ0v) is 25.9. The lowest BCUT2D eigenvalue weighted by Gasteiger charge is -2.35. The minimum absolute atomic E-state index is 0.0743. The number of anilines is 1. The summed E-state index contributed by atoms with van der Waals surface area (Å²) < 4.78 is 5.90. The summed E-state index contributed by atoms with van der Waals surface area (Å²) in [7, 11) is 0. The van der Waals surface area contributed by atoms with Gasteiger partial charge in [0.05, 0.1) is 22.4 Å². The van der Waals surface area contributed by atoms with Crippen LogP contribution in [0, 0.1) is 0 Å². The van der Waals surface area contributed by atoms with Gasteiger partial charge in [-0.15, -0.1) is 0 Å². The molecule has 0 bridgehead atoms. The van der Waals surface area contributed by atoms with Crippen molar-refractivity contribution in [1.29, 1.82) is 0 Å². The Kier molecular flexibility index (Phi) is 8.15. The van der Waals surface area contributed by atoms with Gasteiger partial charge in [0, 0.05) is 44.7 Å². The molecule has 242 valence electrons. The van der Waals surface area contributed by atoms with Crippen LogP contribution >= 0.6 is 0 Å². The number of nitrogens with two attached hydrogens (primary N) is 1. The summed E-state index contributed by atoms with van der Waals surface area (Å²) in [6, 6.07) is 24.5. The van der Waals surface area contributed by atoms with Crippen LogP contribution < -0.4 is 20.7 Å². The van der Waals surface area contributed by atoms with Crippen molar-refractivity contribution in [2.75, 3.05) is 31.1 Å². The summed E-state index contributed by atoms with van der Waals surface area (Å²) in [6.07, 6.45) is 0.190. The van der Waals surface area contributed by atoms with Crippen molar-refractivity contribution in [2.24, 2.45) is 5.73 Å². The lowest BCUT2D eigenvalue weighted by atomic mass is 10.0. The number of carbonyl (C=O) groups excluding carboxylic acids is 5. The number of nitrogens with zero attached hydrogens (tertiary/aromatic N) is 4. The van der Waals surface area contributed by atoms with Gasteiger partial charge < -0.3 is 15.4 Å². The molecule has 12 nitrogen and oxygen atoms in total. The van der Waals surface area contributed by atoms with Crippen LogP contribution in [-0.2, 0) is 16.1 Å². The molecule has 2 saturated heterocycles. The van der Waals surface area contributed by atoms with Crippen LogP contribution in [-0.4, -0.2) is 76.5 Å². The van der Waals surface area contributed by atoms with E-state index in [1.165, 1.54) is 0 Å². The molecule has 0 saturated carbocycles. The Bertz CT molecular complexity index is 1940. The molecule has 4 heterocycles. The van der Waals surface area contributed by atoms with E-state index in [1.807, 2.05) is 66.7 Å². The second-order valence-corrected chi connectivity index (χ2v) is 12.0. The Hall–Kier alpha value is -5.88. The average molecular weight is 645 g/mol.